The fraction of sp³-hybridized carbons (Fsp3) is 0.235. The number of ketones is 1. The molecule has 0 fully saturated rings. The maximum Gasteiger partial charge on any atom is 0.159 e. The molecule has 0 saturated carbocycles. The molecular formula is C17H18FNO2. The predicted molar refractivity (Wildman–Crippen MR) is 81.4 cm³/mol. The summed E-state index contributed by atoms with van der Waals surface area (Å²) in [6.07, 6.45) is 0.807. The molecule has 0 aliphatic heterocycles. The molecule has 4 heteroatoms. The van der Waals surface area contributed by atoms with Gasteiger partial charge in [-0.2, -0.15) is 0 Å². The van der Waals surface area contributed by atoms with E-state index in [1.807, 2.05) is 18.2 Å². The van der Waals surface area contributed by atoms with Gasteiger partial charge in [0.05, 0.1) is 6.61 Å². The fourth-order valence-corrected chi connectivity index (χ4v) is 1.87. The molecule has 0 aliphatic rings. The fourth-order valence-electron chi connectivity index (χ4n) is 1.87. The zero-order chi connectivity index (χ0) is 15.1. The lowest BCUT2D eigenvalue weighted by Gasteiger charge is -2.09. The molecule has 2 aromatic rings. The highest BCUT2D eigenvalue weighted by atomic mass is 19.1. The number of halogens is 1. The number of benzene rings is 2. The van der Waals surface area contributed by atoms with Crippen molar-refractivity contribution in [2.24, 2.45) is 0 Å². The lowest BCUT2D eigenvalue weighted by atomic mass is 10.1. The number of hydrogen-bond donors (Lipinski definition) is 1. The molecule has 3 nitrogen and oxygen atoms in total. The Labute approximate surface area is 123 Å². The molecule has 2 rings (SSSR count). The van der Waals surface area contributed by atoms with Crippen molar-refractivity contribution < 1.29 is 13.9 Å². The smallest absolute Gasteiger partial charge is 0.159 e. The van der Waals surface area contributed by atoms with Gasteiger partial charge in [-0.1, -0.05) is 12.1 Å². The summed E-state index contributed by atoms with van der Waals surface area (Å²) in [6, 6.07) is 13.4. The lowest BCUT2D eigenvalue weighted by molar-refractivity contribution is 0.101. The maximum atomic E-state index is 12.7. The highest BCUT2D eigenvalue weighted by Crippen LogP contribution is 2.12. The Morgan fingerprint density at radius 3 is 2.67 bits per heavy atom. The summed E-state index contributed by atoms with van der Waals surface area (Å²) < 4.78 is 18.2. The minimum absolute atomic E-state index is 0.0540. The predicted octanol–water partition coefficient (Wildman–Crippen LogP) is 3.91. The van der Waals surface area contributed by atoms with Gasteiger partial charge < -0.3 is 10.1 Å². The molecule has 2 aromatic carbocycles. The third kappa shape index (κ3) is 4.91. The zero-order valence-electron chi connectivity index (χ0n) is 11.9. The molecule has 0 aliphatic carbocycles. The highest BCUT2D eigenvalue weighted by Gasteiger charge is 2.00. The summed E-state index contributed by atoms with van der Waals surface area (Å²) in [7, 11) is 0. The van der Waals surface area contributed by atoms with Gasteiger partial charge >= 0.3 is 0 Å². The van der Waals surface area contributed by atoms with E-state index >= 15 is 0 Å². The van der Waals surface area contributed by atoms with Crippen molar-refractivity contribution in [3.8, 4) is 5.75 Å². The first kappa shape index (κ1) is 15.0. The van der Waals surface area contributed by atoms with Gasteiger partial charge in [-0.25, -0.2) is 4.39 Å². The lowest BCUT2D eigenvalue weighted by Crippen LogP contribution is -2.07. The number of rotatable bonds is 7. The van der Waals surface area contributed by atoms with E-state index in [9.17, 15) is 9.18 Å². The monoisotopic (exact) mass is 287 g/mol. The largest absolute Gasteiger partial charge is 0.494 e. The maximum absolute atomic E-state index is 12.7. The number of carbonyl (C=O) groups excluding carboxylic acids is 1. The summed E-state index contributed by atoms with van der Waals surface area (Å²) in [5, 5.41) is 3.24. The van der Waals surface area contributed by atoms with Crippen molar-refractivity contribution >= 4 is 11.5 Å². The van der Waals surface area contributed by atoms with Crippen LogP contribution < -0.4 is 10.1 Å². The van der Waals surface area contributed by atoms with Crippen LogP contribution in [-0.4, -0.2) is 18.9 Å². The van der Waals surface area contributed by atoms with Crippen LogP contribution in [0.5, 0.6) is 5.75 Å². The number of hydrogen-bond acceptors (Lipinski definition) is 3. The third-order valence-electron chi connectivity index (χ3n) is 3.00. The van der Waals surface area contributed by atoms with Crippen LogP contribution in [0.1, 0.15) is 23.7 Å². The van der Waals surface area contributed by atoms with Crippen molar-refractivity contribution in [3.63, 3.8) is 0 Å². The summed E-state index contributed by atoms with van der Waals surface area (Å²) in [4.78, 5) is 11.3. The van der Waals surface area contributed by atoms with E-state index in [-0.39, 0.29) is 11.6 Å². The van der Waals surface area contributed by atoms with Crippen molar-refractivity contribution in [1.82, 2.24) is 0 Å². The first-order valence-corrected chi connectivity index (χ1v) is 6.88. The molecule has 0 radical (unpaired) electrons. The van der Waals surface area contributed by atoms with Gasteiger partial charge in [0.1, 0.15) is 11.6 Å². The van der Waals surface area contributed by atoms with Gasteiger partial charge in [-0.3, -0.25) is 4.79 Å². The molecule has 110 valence electrons. The average Bonchev–Trinajstić information content (AvgIpc) is 2.49. The number of nitrogens with one attached hydrogen (secondary N) is 1. The third-order valence-corrected chi connectivity index (χ3v) is 3.00. The Morgan fingerprint density at radius 1 is 1.19 bits per heavy atom. The standard InChI is InChI=1S/C17H18FNO2/c1-13(20)14-4-2-5-16(12-14)19-10-3-11-21-17-8-6-15(18)7-9-17/h2,4-9,12,19H,3,10-11H2,1H3. The van der Waals surface area contributed by atoms with Crippen LogP contribution in [0.3, 0.4) is 0 Å². The van der Waals surface area contributed by atoms with Gasteiger partial charge in [0.15, 0.2) is 5.78 Å². The van der Waals surface area contributed by atoms with Crippen molar-refractivity contribution in [1.29, 1.82) is 0 Å². The molecule has 0 aromatic heterocycles. The molecule has 0 spiro atoms. The first-order valence-electron chi connectivity index (χ1n) is 6.88. The quantitative estimate of drug-likeness (QED) is 0.620. The first-order chi connectivity index (χ1) is 10.1. The van der Waals surface area contributed by atoms with Crippen molar-refractivity contribution in [2.75, 3.05) is 18.5 Å². The van der Waals surface area contributed by atoms with Crippen LogP contribution in [0.15, 0.2) is 48.5 Å². The molecular weight excluding hydrogens is 269 g/mol. The van der Waals surface area contributed by atoms with Gasteiger partial charge in [-0.15, -0.1) is 0 Å². The van der Waals surface area contributed by atoms with E-state index in [2.05, 4.69) is 5.32 Å². The molecule has 0 heterocycles. The topological polar surface area (TPSA) is 38.3 Å². The van der Waals surface area contributed by atoms with Gasteiger partial charge in [0.2, 0.25) is 0 Å². The van der Waals surface area contributed by atoms with E-state index < -0.39 is 0 Å². The highest BCUT2D eigenvalue weighted by molar-refractivity contribution is 5.94. The molecule has 0 saturated heterocycles. The second-order valence-corrected chi connectivity index (χ2v) is 4.72. The van der Waals surface area contributed by atoms with E-state index in [1.165, 1.54) is 12.1 Å². The average molecular weight is 287 g/mol. The number of ether oxygens (including phenoxy) is 1. The van der Waals surface area contributed by atoms with E-state index in [0.29, 0.717) is 17.9 Å². The molecule has 0 atom stereocenters. The summed E-state index contributed by atoms with van der Waals surface area (Å²) in [5.41, 5.74) is 1.62. The molecule has 1 N–H and O–H groups in total. The Bertz CT molecular complexity index is 596. The molecule has 0 amide bonds. The van der Waals surface area contributed by atoms with Crippen LogP contribution in [-0.2, 0) is 0 Å². The second kappa shape index (κ2) is 7.43. The van der Waals surface area contributed by atoms with E-state index in [4.69, 9.17) is 4.74 Å². The van der Waals surface area contributed by atoms with E-state index in [1.54, 1.807) is 25.1 Å². The molecule has 0 bridgehead atoms. The van der Waals surface area contributed by atoms with Gasteiger partial charge in [0.25, 0.3) is 0 Å². The van der Waals surface area contributed by atoms with Crippen LogP contribution in [0.2, 0.25) is 0 Å². The van der Waals surface area contributed by atoms with Crippen LogP contribution >= 0.6 is 0 Å². The Balaban J connectivity index is 1.71. The minimum atomic E-state index is -0.269. The Hall–Kier alpha value is -2.36. The number of anilines is 1. The normalized spacial score (nSPS) is 10.2. The minimum Gasteiger partial charge on any atom is -0.494 e. The van der Waals surface area contributed by atoms with Gasteiger partial charge in [-0.05, 0) is 49.7 Å². The molecule has 21 heavy (non-hydrogen) atoms. The Kier molecular flexibility index (Phi) is 5.32. The number of carbonyl (C=O) groups is 1. The van der Waals surface area contributed by atoms with Crippen LogP contribution in [0.25, 0.3) is 0 Å². The van der Waals surface area contributed by atoms with Gasteiger partial charge in [0, 0.05) is 17.8 Å². The SMILES string of the molecule is CC(=O)c1cccc(NCCCOc2ccc(F)cc2)c1. The second-order valence-electron chi connectivity index (χ2n) is 4.72. The molecule has 0 unspecified atom stereocenters. The van der Waals surface area contributed by atoms with E-state index in [0.717, 1.165) is 18.7 Å². The summed E-state index contributed by atoms with van der Waals surface area (Å²) in [5.74, 6) is 0.447. The van der Waals surface area contributed by atoms with Crippen LogP contribution in [0.4, 0.5) is 10.1 Å². The number of Topliss-reactive ketones (excluding diaryl/α,β-unsaturated/α-hetero) is 1. The van der Waals surface area contributed by atoms with Crippen LogP contribution in [0, 0.1) is 5.82 Å². The summed E-state index contributed by atoms with van der Waals surface area (Å²) in [6.45, 7) is 2.84. The van der Waals surface area contributed by atoms with Crippen molar-refractivity contribution in [2.45, 2.75) is 13.3 Å². The zero-order valence-corrected chi connectivity index (χ0v) is 11.9. The van der Waals surface area contributed by atoms with Crippen molar-refractivity contribution in [3.05, 3.63) is 59.9 Å². The summed E-state index contributed by atoms with van der Waals surface area (Å²) >= 11 is 0. The Morgan fingerprint density at radius 2 is 1.95 bits per heavy atom.